The molecule has 2 amide bonds. The molecule has 18 heavy (non-hydrogen) atoms. The summed E-state index contributed by atoms with van der Waals surface area (Å²) in [5, 5.41) is 11.5. The van der Waals surface area contributed by atoms with Crippen molar-refractivity contribution in [3.8, 4) is 0 Å². The fourth-order valence-electron chi connectivity index (χ4n) is 1.30. The molecule has 0 bridgehead atoms. The van der Waals surface area contributed by atoms with Crippen molar-refractivity contribution in [3.05, 3.63) is 35.4 Å². The van der Waals surface area contributed by atoms with E-state index in [4.69, 9.17) is 5.11 Å². The molecule has 1 aromatic carbocycles. The molecular weight excluding hydrogens is 232 g/mol. The van der Waals surface area contributed by atoms with E-state index in [0.717, 1.165) is 5.56 Å². The molecule has 1 rings (SSSR count). The van der Waals surface area contributed by atoms with Crippen LogP contribution < -0.4 is 5.32 Å². The number of nitrogens with one attached hydrogen (secondary N) is 1. The summed E-state index contributed by atoms with van der Waals surface area (Å²) >= 11 is 0. The van der Waals surface area contributed by atoms with Crippen LogP contribution in [0.1, 0.15) is 29.8 Å². The van der Waals surface area contributed by atoms with Gasteiger partial charge in [0.05, 0.1) is 5.56 Å². The monoisotopic (exact) mass is 250 g/mol. The van der Waals surface area contributed by atoms with Gasteiger partial charge in [0.2, 0.25) is 0 Å². The van der Waals surface area contributed by atoms with E-state index in [-0.39, 0.29) is 17.6 Å². The zero-order chi connectivity index (χ0) is 13.7. The zero-order valence-corrected chi connectivity index (χ0v) is 10.8. The molecule has 0 aliphatic heterocycles. The standard InChI is InChI=1S/C13H18N2O3/c1-9(2)15(3)13(18)14-8-10-4-6-11(7-5-10)12(16)17/h4-7,9H,8H2,1-3H3,(H,14,18)(H,16,17). The van der Waals surface area contributed by atoms with Crippen LogP contribution in [0.4, 0.5) is 4.79 Å². The number of carbonyl (C=O) groups is 2. The summed E-state index contributed by atoms with van der Waals surface area (Å²) in [6.45, 7) is 4.25. The molecular formula is C13H18N2O3. The molecule has 0 spiro atoms. The van der Waals surface area contributed by atoms with Crippen LogP contribution in [-0.2, 0) is 6.54 Å². The third kappa shape index (κ3) is 3.76. The van der Waals surface area contributed by atoms with E-state index in [1.54, 1.807) is 24.1 Å². The zero-order valence-electron chi connectivity index (χ0n) is 10.8. The van der Waals surface area contributed by atoms with Crippen molar-refractivity contribution in [2.75, 3.05) is 7.05 Å². The van der Waals surface area contributed by atoms with E-state index in [9.17, 15) is 9.59 Å². The topological polar surface area (TPSA) is 69.6 Å². The fourth-order valence-corrected chi connectivity index (χ4v) is 1.30. The van der Waals surface area contributed by atoms with Crippen molar-refractivity contribution >= 4 is 12.0 Å². The summed E-state index contributed by atoms with van der Waals surface area (Å²) in [6.07, 6.45) is 0. The van der Waals surface area contributed by atoms with Crippen molar-refractivity contribution in [2.45, 2.75) is 26.4 Å². The Morgan fingerprint density at radius 2 is 1.83 bits per heavy atom. The van der Waals surface area contributed by atoms with Gasteiger partial charge < -0.3 is 15.3 Å². The Bertz CT molecular complexity index is 426. The molecule has 0 aromatic heterocycles. The summed E-state index contributed by atoms with van der Waals surface area (Å²) in [7, 11) is 1.73. The largest absolute Gasteiger partial charge is 0.478 e. The van der Waals surface area contributed by atoms with Crippen molar-refractivity contribution in [1.82, 2.24) is 10.2 Å². The van der Waals surface area contributed by atoms with E-state index in [1.807, 2.05) is 13.8 Å². The molecule has 5 nitrogen and oxygen atoms in total. The van der Waals surface area contributed by atoms with E-state index >= 15 is 0 Å². The van der Waals surface area contributed by atoms with Gasteiger partial charge >= 0.3 is 12.0 Å². The molecule has 2 N–H and O–H groups in total. The van der Waals surface area contributed by atoms with Gasteiger partial charge in [-0.2, -0.15) is 0 Å². The fraction of sp³-hybridized carbons (Fsp3) is 0.385. The molecule has 98 valence electrons. The van der Waals surface area contributed by atoms with Gasteiger partial charge in [-0.3, -0.25) is 0 Å². The number of urea groups is 1. The first-order valence-electron chi connectivity index (χ1n) is 5.74. The van der Waals surface area contributed by atoms with Crippen LogP contribution in [0.3, 0.4) is 0 Å². The van der Waals surface area contributed by atoms with Gasteiger partial charge in [0.1, 0.15) is 0 Å². The number of carbonyl (C=O) groups excluding carboxylic acids is 1. The number of nitrogens with zero attached hydrogens (tertiary/aromatic N) is 1. The van der Waals surface area contributed by atoms with Crippen LogP contribution in [0.5, 0.6) is 0 Å². The summed E-state index contributed by atoms with van der Waals surface area (Å²) in [4.78, 5) is 23.9. The van der Waals surface area contributed by atoms with Crippen molar-refractivity contribution in [2.24, 2.45) is 0 Å². The molecule has 0 saturated heterocycles. The van der Waals surface area contributed by atoms with Crippen LogP contribution in [0.25, 0.3) is 0 Å². The Kier molecular flexibility index (Phi) is 4.71. The number of amides is 2. The Morgan fingerprint density at radius 3 is 2.28 bits per heavy atom. The Morgan fingerprint density at radius 1 is 1.28 bits per heavy atom. The molecule has 0 saturated carbocycles. The van der Waals surface area contributed by atoms with E-state index < -0.39 is 5.97 Å². The van der Waals surface area contributed by atoms with Gasteiger partial charge in [0.25, 0.3) is 0 Å². The second-order valence-corrected chi connectivity index (χ2v) is 4.37. The highest BCUT2D eigenvalue weighted by Crippen LogP contribution is 2.04. The predicted molar refractivity (Wildman–Crippen MR) is 68.5 cm³/mol. The van der Waals surface area contributed by atoms with E-state index in [1.165, 1.54) is 12.1 Å². The average molecular weight is 250 g/mol. The molecule has 0 heterocycles. The minimum absolute atomic E-state index is 0.138. The summed E-state index contributed by atoms with van der Waals surface area (Å²) < 4.78 is 0. The number of rotatable bonds is 4. The second-order valence-electron chi connectivity index (χ2n) is 4.37. The first kappa shape index (κ1) is 14.0. The molecule has 5 heteroatoms. The highest BCUT2D eigenvalue weighted by atomic mass is 16.4. The third-order valence-corrected chi connectivity index (χ3v) is 2.74. The van der Waals surface area contributed by atoms with Crippen LogP contribution >= 0.6 is 0 Å². The van der Waals surface area contributed by atoms with E-state index in [2.05, 4.69) is 5.32 Å². The van der Waals surface area contributed by atoms with Crippen molar-refractivity contribution in [3.63, 3.8) is 0 Å². The van der Waals surface area contributed by atoms with Crippen molar-refractivity contribution in [1.29, 1.82) is 0 Å². The maximum Gasteiger partial charge on any atom is 0.335 e. The predicted octanol–water partition coefficient (Wildman–Crippen LogP) is 1.93. The van der Waals surface area contributed by atoms with Gasteiger partial charge in [-0.1, -0.05) is 12.1 Å². The lowest BCUT2D eigenvalue weighted by atomic mass is 10.1. The molecule has 1 aromatic rings. The number of aromatic carboxylic acids is 1. The van der Waals surface area contributed by atoms with Gasteiger partial charge in [0, 0.05) is 19.6 Å². The highest BCUT2D eigenvalue weighted by molar-refractivity contribution is 5.87. The van der Waals surface area contributed by atoms with Gasteiger partial charge in [0.15, 0.2) is 0 Å². The molecule has 0 radical (unpaired) electrons. The molecule has 0 unspecified atom stereocenters. The van der Waals surface area contributed by atoms with Crippen LogP contribution in [0, 0.1) is 0 Å². The average Bonchev–Trinajstić information content (AvgIpc) is 2.35. The maximum atomic E-state index is 11.7. The summed E-state index contributed by atoms with van der Waals surface area (Å²) in [5.41, 5.74) is 1.11. The minimum Gasteiger partial charge on any atom is -0.478 e. The first-order chi connectivity index (χ1) is 8.41. The maximum absolute atomic E-state index is 11.7. The Hall–Kier alpha value is -2.04. The number of carboxylic acid groups (broad SMARTS) is 1. The minimum atomic E-state index is -0.954. The second kappa shape index (κ2) is 6.05. The molecule has 0 aliphatic rings. The van der Waals surface area contributed by atoms with Crippen LogP contribution in [-0.4, -0.2) is 35.1 Å². The lowest BCUT2D eigenvalue weighted by Crippen LogP contribution is -2.40. The van der Waals surface area contributed by atoms with E-state index in [0.29, 0.717) is 6.54 Å². The van der Waals surface area contributed by atoms with Gasteiger partial charge in [-0.05, 0) is 31.5 Å². The number of hydrogen-bond donors (Lipinski definition) is 2. The normalized spacial score (nSPS) is 10.2. The Labute approximate surface area is 106 Å². The van der Waals surface area contributed by atoms with Crippen molar-refractivity contribution < 1.29 is 14.7 Å². The molecule has 0 atom stereocenters. The summed E-state index contributed by atoms with van der Waals surface area (Å²) in [5.74, 6) is -0.954. The lowest BCUT2D eigenvalue weighted by Gasteiger charge is -2.21. The third-order valence-electron chi connectivity index (χ3n) is 2.74. The molecule has 0 aliphatic carbocycles. The first-order valence-corrected chi connectivity index (χ1v) is 5.74. The number of carboxylic acids is 1. The highest BCUT2D eigenvalue weighted by Gasteiger charge is 2.10. The quantitative estimate of drug-likeness (QED) is 0.858. The SMILES string of the molecule is CC(C)N(C)C(=O)NCc1ccc(C(=O)O)cc1. The smallest absolute Gasteiger partial charge is 0.335 e. The molecule has 0 fully saturated rings. The van der Waals surface area contributed by atoms with Gasteiger partial charge in [-0.25, -0.2) is 9.59 Å². The van der Waals surface area contributed by atoms with Crippen LogP contribution in [0.15, 0.2) is 24.3 Å². The lowest BCUT2D eigenvalue weighted by molar-refractivity contribution is 0.0697. The number of benzene rings is 1. The summed E-state index contributed by atoms with van der Waals surface area (Å²) in [6, 6.07) is 6.43. The Balaban J connectivity index is 2.54. The van der Waals surface area contributed by atoms with Crippen LogP contribution in [0.2, 0.25) is 0 Å². The van der Waals surface area contributed by atoms with Gasteiger partial charge in [-0.15, -0.1) is 0 Å². The number of hydrogen-bond acceptors (Lipinski definition) is 2.